The average Bonchev–Trinajstić information content (AvgIpc) is 3.18. The van der Waals surface area contributed by atoms with Crippen LogP contribution in [0.5, 0.6) is 0 Å². The number of aliphatic carboxylic acids is 1. The SMILES string of the molecule is CSCCC(N)C(=O)NC(CC(N)=O)C(=O)NC(C(=O)N1CCCC1C(=O)O)C(C)C. The number of carboxylic acids is 1. The number of amides is 4. The number of carboxylic acid groups (broad SMARTS) is 1. The van der Waals surface area contributed by atoms with Gasteiger partial charge in [-0.25, -0.2) is 4.79 Å². The van der Waals surface area contributed by atoms with Gasteiger partial charge in [-0.05, 0) is 37.2 Å². The third-order valence-electron chi connectivity index (χ3n) is 5.06. The Kier molecular flexibility index (Phi) is 10.8. The largest absolute Gasteiger partial charge is 0.480 e. The highest BCUT2D eigenvalue weighted by Crippen LogP contribution is 2.20. The van der Waals surface area contributed by atoms with Gasteiger partial charge in [-0.3, -0.25) is 19.2 Å². The first-order valence-corrected chi connectivity index (χ1v) is 11.6. The van der Waals surface area contributed by atoms with Crippen molar-refractivity contribution in [1.82, 2.24) is 15.5 Å². The van der Waals surface area contributed by atoms with Crippen LogP contribution in [-0.4, -0.2) is 82.3 Å². The summed E-state index contributed by atoms with van der Waals surface area (Å²) in [6, 6.07) is -4.13. The highest BCUT2D eigenvalue weighted by atomic mass is 32.2. The second kappa shape index (κ2) is 12.5. The highest BCUT2D eigenvalue weighted by molar-refractivity contribution is 7.98. The molecular formula is C19H33N5O6S. The summed E-state index contributed by atoms with van der Waals surface area (Å²) in [5.74, 6) is -3.51. The number of primary amides is 1. The third kappa shape index (κ3) is 8.02. The summed E-state index contributed by atoms with van der Waals surface area (Å²) >= 11 is 1.51. The van der Waals surface area contributed by atoms with Crippen molar-refractivity contribution in [3.05, 3.63) is 0 Å². The van der Waals surface area contributed by atoms with E-state index in [1.54, 1.807) is 13.8 Å². The number of likely N-dealkylation sites (tertiary alicyclic amines) is 1. The van der Waals surface area contributed by atoms with Crippen molar-refractivity contribution in [2.24, 2.45) is 17.4 Å². The molecule has 0 spiro atoms. The van der Waals surface area contributed by atoms with E-state index in [2.05, 4.69) is 10.6 Å². The molecular weight excluding hydrogens is 426 g/mol. The summed E-state index contributed by atoms with van der Waals surface area (Å²) in [7, 11) is 0. The Balaban J connectivity index is 2.93. The van der Waals surface area contributed by atoms with Crippen LogP contribution in [0, 0.1) is 5.92 Å². The lowest BCUT2D eigenvalue weighted by atomic mass is 10.0. The summed E-state index contributed by atoms with van der Waals surface area (Å²) in [5, 5.41) is 14.3. The predicted octanol–water partition coefficient (Wildman–Crippen LogP) is -1.36. The Morgan fingerprint density at radius 3 is 2.32 bits per heavy atom. The molecule has 0 aliphatic carbocycles. The molecule has 1 heterocycles. The number of nitrogens with two attached hydrogens (primary N) is 2. The van der Waals surface area contributed by atoms with E-state index in [9.17, 15) is 29.1 Å². The Hall–Kier alpha value is -2.34. The molecule has 0 aromatic carbocycles. The minimum absolute atomic E-state index is 0.278. The van der Waals surface area contributed by atoms with Crippen LogP contribution in [0.2, 0.25) is 0 Å². The van der Waals surface area contributed by atoms with Crippen molar-refractivity contribution in [2.75, 3.05) is 18.6 Å². The molecule has 0 bridgehead atoms. The summed E-state index contributed by atoms with van der Waals surface area (Å²) in [6.45, 7) is 3.68. The van der Waals surface area contributed by atoms with E-state index in [1.807, 2.05) is 6.26 Å². The van der Waals surface area contributed by atoms with E-state index >= 15 is 0 Å². The van der Waals surface area contributed by atoms with Crippen molar-refractivity contribution >= 4 is 41.4 Å². The van der Waals surface area contributed by atoms with E-state index in [1.165, 1.54) is 16.7 Å². The lowest BCUT2D eigenvalue weighted by Gasteiger charge is -2.30. The predicted molar refractivity (Wildman–Crippen MR) is 116 cm³/mol. The van der Waals surface area contributed by atoms with E-state index in [-0.39, 0.29) is 12.5 Å². The summed E-state index contributed by atoms with van der Waals surface area (Å²) < 4.78 is 0. The van der Waals surface area contributed by atoms with Gasteiger partial charge in [0.05, 0.1) is 12.5 Å². The number of thioether (sulfide) groups is 1. The maximum atomic E-state index is 13.0. The molecule has 0 aromatic rings. The zero-order chi connectivity index (χ0) is 23.7. The molecule has 1 saturated heterocycles. The van der Waals surface area contributed by atoms with Gasteiger partial charge in [0.15, 0.2) is 0 Å². The smallest absolute Gasteiger partial charge is 0.326 e. The van der Waals surface area contributed by atoms with Gasteiger partial charge in [-0.2, -0.15) is 11.8 Å². The fourth-order valence-electron chi connectivity index (χ4n) is 3.30. The molecule has 4 atom stereocenters. The van der Waals surface area contributed by atoms with Gasteiger partial charge in [-0.15, -0.1) is 0 Å². The number of hydrogen-bond donors (Lipinski definition) is 5. The molecule has 1 aliphatic heterocycles. The Labute approximate surface area is 186 Å². The fourth-order valence-corrected chi connectivity index (χ4v) is 3.79. The van der Waals surface area contributed by atoms with E-state index < -0.39 is 60.2 Å². The van der Waals surface area contributed by atoms with Gasteiger partial charge in [0.25, 0.3) is 0 Å². The van der Waals surface area contributed by atoms with Gasteiger partial charge in [0.2, 0.25) is 23.6 Å². The van der Waals surface area contributed by atoms with Gasteiger partial charge in [0, 0.05) is 6.54 Å². The lowest BCUT2D eigenvalue weighted by Crippen LogP contribution is -2.59. The zero-order valence-corrected chi connectivity index (χ0v) is 18.9. The average molecular weight is 460 g/mol. The van der Waals surface area contributed by atoms with Crippen LogP contribution < -0.4 is 22.1 Å². The van der Waals surface area contributed by atoms with Gasteiger partial charge in [-0.1, -0.05) is 13.8 Å². The number of hydrogen-bond acceptors (Lipinski definition) is 7. The summed E-state index contributed by atoms with van der Waals surface area (Å²) in [4.78, 5) is 62.2. The summed E-state index contributed by atoms with van der Waals surface area (Å²) in [5.41, 5.74) is 11.0. The first kappa shape index (κ1) is 26.7. The van der Waals surface area contributed by atoms with Crippen molar-refractivity contribution in [2.45, 2.75) is 63.7 Å². The molecule has 7 N–H and O–H groups in total. The van der Waals surface area contributed by atoms with Crippen molar-refractivity contribution in [3.63, 3.8) is 0 Å². The molecule has 176 valence electrons. The maximum Gasteiger partial charge on any atom is 0.326 e. The number of rotatable bonds is 12. The van der Waals surface area contributed by atoms with E-state index in [0.29, 0.717) is 25.0 Å². The van der Waals surface area contributed by atoms with Crippen LogP contribution in [0.1, 0.15) is 39.5 Å². The highest BCUT2D eigenvalue weighted by Gasteiger charge is 2.39. The molecule has 0 saturated carbocycles. The van der Waals surface area contributed by atoms with Crippen LogP contribution >= 0.6 is 11.8 Å². The molecule has 11 nitrogen and oxygen atoms in total. The quantitative estimate of drug-likeness (QED) is 0.237. The Morgan fingerprint density at radius 2 is 1.81 bits per heavy atom. The number of carbonyl (C=O) groups excluding carboxylic acids is 4. The minimum Gasteiger partial charge on any atom is -0.480 e. The number of carbonyl (C=O) groups is 5. The molecule has 31 heavy (non-hydrogen) atoms. The Bertz CT molecular complexity index is 689. The molecule has 1 rings (SSSR count). The van der Waals surface area contributed by atoms with E-state index in [0.717, 1.165) is 0 Å². The normalized spacial score (nSPS) is 18.9. The monoisotopic (exact) mass is 459 g/mol. The molecule has 4 amide bonds. The van der Waals surface area contributed by atoms with E-state index in [4.69, 9.17) is 11.5 Å². The van der Waals surface area contributed by atoms with Crippen molar-refractivity contribution in [1.29, 1.82) is 0 Å². The lowest BCUT2D eigenvalue weighted by molar-refractivity contribution is -0.150. The second-order valence-corrected chi connectivity index (χ2v) is 8.86. The first-order chi connectivity index (χ1) is 14.5. The van der Waals surface area contributed by atoms with Crippen LogP contribution in [0.25, 0.3) is 0 Å². The molecule has 4 unspecified atom stereocenters. The summed E-state index contributed by atoms with van der Waals surface area (Å²) in [6.07, 6.45) is 2.68. The van der Waals surface area contributed by atoms with Crippen LogP contribution in [0.4, 0.5) is 0 Å². The van der Waals surface area contributed by atoms with Crippen LogP contribution in [0.15, 0.2) is 0 Å². The molecule has 1 aliphatic rings. The topological polar surface area (TPSA) is 185 Å². The fraction of sp³-hybridized carbons (Fsp3) is 0.737. The number of nitrogens with zero attached hydrogens (tertiary/aromatic N) is 1. The minimum atomic E-state index is -1.30. The Morgan fingerprint density at radius 1 is 1.16 bits per heavy atom. The first-order valence-electron chi connectivity index (χ1n) is 10.2. The van der Waals surface area contributed by atoms with Crippen LogP contribution in [-0.2, 0) is 24.0 Å². The number of nitrogens with one attached hydrogen (secondary N) is 2. The van der Waals surface area contributed by atoms with Crippen molar-refractivity contribution in [3.8, 4) is 0 Å². The molecule has 0 aromatic heterocycles. The zero-order valence-electron chi connectivity index (χ0n) is 18.1. The second-order valence-electron chi connectivity index (χ2n) is 7.88. The van der Waals surface area contributed by atoms with Gasteiger partial charge < -0.3 is 32.1 Å². The van der Waals surface area contributed by atoms with Gasteiger partial charge in [0.1, 0.15) is 18.1 Å². The molecule has 1 fully saturated rings. The third-order valence-corrected chi connectivity index (χ3v) is 5.70. The van der Waals surface area contributed by atoms with Crippen LogP contribution in [0.3, 0.4) is 0 Å². The van der Waals surface area contributed by atoms with Gasteiger partial charge >= 0.3 is 5.97 Å². The standard InChI is InChI=1S/C19H33N5O6S/c1-10(2)15(18(28)24-7-4-5-13(24)19(29)30)23-17(27)12(9-14(21)25)22-16(26)11(20)6-8-31-3/h10-13,15H,4-9,20H2,1-3H3,(H2,21,25)(H,22,26)(H,23,27)(H,29,30). The maximum absolute atomic E-state index is 13.0. The van der Waals surface area contributed by atoms with Crippen molar-refractivity contribution < 1.29 is 29.1 Å². The molecule has 12 heteroatoms. The molecule has 0 radical (unpaired) electrons.